The number of anilines is 1. The molecule has 0 N–H and O–H groups in total. The second-order valence-electron chi connectivity index (χ2n) is 8.07. The molecule has 0 atom stereocenters. The first kappa shape index (κ1) is 23.0. The molecule has 1 heterocycles. The van der Waals surface area contributed by atoms with Crippen LogP contribution < -0.4 is 14.4 Å². The van der Waals surface area contributed by atoms with Crippen molar-refractivity contribution in [3.05, 3.63) is 89.5 Å². The number of benzene rings is 3. The number of methoxy groups -OCH3 is 1. The van der Waals surface area contributed by atoms with Gasteiger partial charge in [0.05, 0.1) is 12.7 Å². The highest BCUT2D eigenvalue weighted by Crippen LogP contribution is 2.32. The van der Waals surface area contributed by atoms with Gasteiger partial charge in [0, 0.05) is 38.4 Å². The third-order valence-electron chi connectivity index (χ3n) is 5.78. The van der Waals surface area contributed by atoms with Crippen LogP contribution in [0.2, 0.25) is 0 Å². The first-order valence-corrected chi connectivity index (χ1v) is 10.9. The normalized spacial score (nSPS) is 14.8. The van der Waals surface area contributed by atoms with Crippen LogP contribution in [0, 0.1) is 0 Å². The van der Waals surface area contributed by atoms with Crippen LogP contribution in [-0.4, -0.2) is 38.2 Å². The number of hydrogen-bond acceptors (Lipinski definition) is 4. The van der Waals surface area contributed by atoms with Crippen LogP contribution in [0.15, 0.2) is 72.8 Å². The fraction of sp³-hybridized carbons (Fsp3) is 0.308. The second-order valence-corrected chi connectivity index (χ2v) is 8.07. The Labute approximate surface area is 192 Å². The SMILES string of the molecule is COc1cc(CN2CCN(c3cccc(C(F)(F)F)c3)CC2)ccc1OCc1ccccc1. The predicted octanol–water partition coefficient (Wildman–Crippen LogP) is 5.62. The third kappa shape index (κ3) is 5.99. The average Bonchev–Trinajstić information content (AvgIpc) is 2.84. The van der Waals surface area contributed by atoms with E-state index in [2.05, 4.69) is 4.90 Å². The molecule has 7 heteroatoms. The van der Waals surface area contributed by atoms with Gasteiger partial charge in [-0.3, -0.25) is 4.90 Å². The van der Waals surface area contributed by atoms with Crippen molar-refractivity contribution >= 4 is 5.69 Å². The predicted molar refractivity (Wildman–Crippen MR) is 123 cm³/mol. The number of ether oxygens (including phenoxy) is 2. The summed E-state index contributed by atoms with van der Waals surface area (Å²) in [6.45, 7) is 4.10. The molecule has 33 heavy (non-hydrogen) atoms. The lowest BCUT2D eigenvalue weighted by Crippen LogP contribution is -2.46. The van der Waals surface area contributed by atoms with Gasteiger partial charge in [-0.05, 0) is 41.5 Å². The van der Waals surface area contributed by atoms with E-state index in [1.54, 1.807) is 13.2 Å². The van der Waals surface area contributed by atoms with E-state index in [0.717, 1.165) is 36.8 Å². The number of rotatable bonds is 7. The molecule has 3 aromatic carbocycles. The molecule has 0 amide bonds. The molecule has 0 spiro atoms. The van der Waals surface area contributed by atoms with Crippen molar-refractivity contribution in [3.63, 3.8) is 0 Å². The lowest BCUT2D eigenvalue weighted by atomic mass is 10.1. The number of nitrogens with zero attached hydrogens (tertiary/aromatic N) is 2. The summed E-state index contributed by atoms with van der Waals surface area (Å²) in [7, 11) is 1.63. The van der Waals surface area contributed by atoms with E-state index in [0.29, 0.717) is 36.9 Å². The van der Waals surface area contributed by atoms with Crippen LogP contribution >= 0.6 is 0 Å². The molecule has 174 valence electrons. The van der Waals surface area contributed by atoms with E-state index in [1.165, 1.54) is 12.1 Å². The van der Waals surface area contributed by atoms with Crippen LogP contribution in [-0.2, 0) is 19.3 Å². The van der Waals surface area contributed by atoms with E-state index in [1.807, 2.05) is 53.4 Å². The van der Waals surface area contributed by atoms with Crippen molar-refractivity contribution in [3.8, 4) is 11.5 Å². The summed E-state index contributed by atoms with van der Waals surface area (Å²) in [6, 6.07) is 21.4. The maximum absolute atomic E-state index is 13.0. The molecule has 1 saturated heterocycles. The number of alkyl halides is 3. The Morgan fingerprint density at radius 1 is 0.788 bits per heavy atom. The number of hydrogen-bond donors (Lipinski definition) is 0. The van der Waals surface area contributed by atoms with Crippen LogP contribution in [0.1, 0.15) is 16.7 Å². The lowest BCUT2D eigenvalue weighted by Gasteiger charge is -2.36. The van der Waals surface area contributed by atoms with E-state index >= 15 is 0 Å². The molecule has 1 aliphatic heterocycles. The van der Waals surface area contributed by atoms with E-state index in [4.69, 9.17) is 9.47 Å². The Bertz CT molecular complexity index is 1050. The largest absolute Gasteiger partial charge is 0.493 e. The van der Waals surface area contributed by atoms with E-state index in [-0.39, 0.29) is 0 Å². The van der Waals surface area contributed by atoms with Crippen molar-refractivity contribution in [2.24, 2.45) is 0 Å². The van der Waals surface area contributed by atoms with Gasteiger partial charge in [0.2, 0.25) is 0 Å². The summed E-state index contributed by atoms with van der Waals surface area (Å²) in [5.74, 6) is 1.38. The van der Waals surface area contributed by atoms with E-state index < -0.39 is 11.7 Å². The minimum Gasteiger partial charge on any atom is -0.493 e. The highest BCUT2D eigenvalue weighted by molar-refractivity contribution is 5.50. The van der Waals surface area contributed by atoms with Gasteiger partial charge >= 0.3 is 6.18 Å². The zero-order chi connectivity index (χ0) is 23.3. The smallest absolute Gasteiger partial charge is 0.416 e. The van der Waals surface area contributed by atoms with Gasteiger partial charge < -0.3 is 14.4 Å². The Kier molecular flexibility index (Phi) is 7.08. The van der Waals surface area contributed by atoms with Gasteiger partial charge in [-0.15, -0.1) is 0 Å². The Hall–Kier alpha value is -3.19. The fourth-order valence-corrected chi connectivity index (χ4v) is 3.97. The van der Waals surface area contributed by atoms with Gasteiger partial charge in [-0.1, -0.05) is 42.5 Å². The molecule has 0 radical (unpaired) electrons. The molecule has 0 unspecified atom stereocenters. The Morgan fingerprint density at radius 2 is 1.55 bits per heavy atom. The van der Waals surface area contributed by atoms with Gasteiger partial charge in [0.15, 0.2) is 11.5 Å². The molecule has 0 aromatic heterocycles. The fourth-order valence-electron chi connectivity index (χ4n) is 3.97. The van der Waals surface area contributed by atoms with Crippen molar-refractivity contribution in [1.82, 2.24) is 4.90 Å². The summed E-state index contributed by atoms with van der Waals surface area (Å²) in [5, 5.41) is 0. The highest BCUT2D eigenvalue weighted by Gasteiger charge is 2.31. The Morgan fingerprint density at radius 3 is 2.24 bits per heavy atom. The maximum atomic E-state index is 13.0. The quantitative estimate of drug-likeness (QED) is 0.461. The molecular formula is C26H27F3N2O2. The Balaban J connectivity index is 1.34. The zero-order valence-corrected chi connectivity index (χ0v) is 18.5. The second kappa shape index (κ2) is 10.2. The van der Waals surface area contributed by atoms with Crippen molar-refractivity contribution < 1.29 is 22.6 Å². The summed E-state index contributed by atoms with van der Waals surface area (Å²) >= 11 is 0. The number of piperazine rings is 1. The summed E-state index contributed by atoms with van der Waals surface area (Å²) in [5.41, 5.74) is 2.20. The van der Waals surface area contributed by atoms with Crippen molar-refractivity contribution in [2.75, 3.05) is 38.2 Å². The summed E-state index contributed by atoms with van der Waals surface area (Å²) < 4.78 is 50.5. The lowest BCUT2D eigenvalue weighted by molar-refractivity contribution is -0.137. The molecule has 3 aromatic rings. The molecule has 4 nitrogen and oxygen atoms in total. The molecule has 0 bridgehead atoms. The topological polar surface area (TPSA) is 24.9 Å². The van der Waals surface area contributed by atoms with Gasteiger partial charge in [0.1, 0.15) is 6.61 Å². The van der Waals surface area contributed by atoms with E-state index in [9.17, 15) is 13.2 Å². The first-order chi connectivity index (χ1) is 15.9. The summed E-state index contributed by atoms with van der Waals surface area (Å²) in [6.07, 6.45) is -4.33. The van der Waals surface area contributed by atoms with Crippen molar-refractivity contribution in [2.45, 2.75) is 19.3 Å². The van der Waals surface area contributed by atoms with Gasteiger partial charge in [-0.2, -0.15) is 13.2 Å². The average molecular weight is 457 g/mol. The van der Waals surface area contributed by atoms with Crippen LogP contribution in [0.4, 0.5) is 18.9 Å². The monoisotopic (exact) mass is 456 g/mol. The van der Waals surface area contributed by atoms with Crippen molar-refractivity contribution in [1.29, 1.82) is 0 Å². The minimum absolute atomic E-state index is 0.466. The molecule has 1 fully saturated rings. The van der Waals surface area contributed by atoms with Crippen LogP contribution in [0.25, 0.3) is 0 Å². The molecule has 1 aliphatic rings. The standard InChI is InChI=1S/C26H27F3N2O2/c1-32-25-16-21(10-11-24(25)33-19-20-6-3-2-4-7-20)18-30-12-14-31(15-13-30)23-9-5-8-22(17-23)26(27,28)29/h2-11,16-17H,12-15,18-19H2,1H3. The highest BCUT2D eigenvalue weighted by atomic mass is 19.4. The van der Waals surface area contributed by atoms with Gasteiger partial charge in [0.25, 0.3) is 0 Å². The number of halogens is 3. The maximum Gasteiger partial charge on any atom is 0.416 e. The third-order valence-corrected chi connectivity index (χ3v) is 5.78. The minimum atomic E-state index is -4.33. The summed E-state index contributed by atoms with van der Waals surface area (Å²) in [4.78, 5) is 4.30. The molecule has 4 rings (SSSR count). The zero-order valence-electron chi connectivity index (χ0n) is 18.5. The van der Waals surface area contributed by atoms with Crippen LogP contribution in [0.3, 0.4) is 0 Å². The van der Waals surface area contributed by atoms with Gasteiger partial charge in [-0.25, -0.2) is 0 Å². The molecule has 0 saturated carbocycles. The molecule has 0 aliphatic carbocycles. The van der Waals surface area contributed by atoms with Crippen LogP contribution in [0.5, 0.6) is 11.5 Å². The molecular weight excluding hydrogens is 429 g/mol. The first-order valence-electron chi connectivity index (χ1n) is 10.9.